The highest BCUT2D eigenvalue weighted by Crippen LogP contribution is 2.31. The summed E-state index contributed by atoms with van der Waals surface area (Å²) >= 11 is 1.64. The molecule has 0 saturated heterocycles. The Morgan fingerprint density at radius 2 is 1.75 bits per heavy atom. The van der Waals surface area contributed by atoms with E-state index >= 15 is 0 Å². The summed E-state index contributed by atoms with van der Waals surface area (Å²) in [6.07, 6.45) is 1.77. The summed E-state index contributed by atoms with van der Waals surface area (Å²) in [6, 6.07) is 5.71. The van der Waals surface area contributed by atoms with Gasteiger partial charge >= 0.3 is 0 Å². The van der Waals surface area contributed by atoms with Crippen molar-refractivity contribution in [1.82, 2.24) is 9.97 Å². The molecule has 2 aromatic heterocycles. The normalized spacial score (nSPS) is 10.1. The molecule has 0 aliphatic carbocycles. The molecule has 3 rings (SSSR count). The lowest BCUT2D eigenvalue weighted by Gasteiger charge is -2.08. The average Bonchev–Trinajstić information content (AvgIpc) is 2.99. The summed E-state index contributed by atoms with van der Waals surface area (Å²) in [4.78, 5) is 9.04. The maximum atomic E-state index is 5.28. The van der Waals surface area contributed by atoms with Crippen LogP contribution in [0, 0.1) is 0 Å². The average molecular weight is 309 g/mol. The van der Waals surface area contributed by atoms with Crippen LogP contribution in [0.25, 0.3) is 22.3 Å². The quantitative estimate of drug-likeness (QED) is 0.738. The summed E-state index contributed by atoms with van der Waals surface area (Å²) < 4.78 is 10.5. The molecule has 0 fully saturated rings. The summed E-state index contributed by atoms with van der Waals surface area (Å²) in [5.74, 6) is 1.32. The zero-order valence-corrected chi connectivity index (χ0v) is 12.6. The molecule has 0 saturated carbocycles. The number of ether oxygens (including phenoxy) is 2. The highest BCUT2D eigenvalue weighted by Gasteiger charge is 2.09. The van der Waals surface area contributed by atoms with Crippen molar-refractivity contribution < 1.29 is 9.47 Å². The second-order valence-corrected chi connectivity index (χ2v) is 4.74. The molecular formula is C14H13ClN2O2S. The molecule has 20 heavy (non-hydrogen) atoms. The molecule has 4 nitrogen and oxygen atoms in total. The minimum Gasteiger partial charge on any atom is -0.493 e. The lowest BCUT2D eigenvalue weighted by Crippen LogP contribution is -1.93. The van der Waals surface area contributed by atoms with Crippen LogP contribution in [-0.4, -0.2) is 24.2 Å². The van der Waals surface area contributed by atoms with Crippen LogP contribution >= 0.6 is 23.7 Å². The Morgan fingerprint density at radius 3 is 2.35 bits per heavy atom. The Morgan fingerprint density at radius 1 is 1.05 bits per heavy atom. The number of hydrogen-bond donors (Lipinski definition) is 0. The van der Waals surface area contributed by atoms with Gasteiger partial charge in [0.25, 0.3) is 0 Å². The fourth-order valence-electron chi connectivity index (χ4n) is 1.89. The van der Waals surface area contributed by atoms with Crippen molar-refractivity contribution in [3.05, 3.63) is 35.2 Å². The fraction of sp³-hybridized carbons (Fsp3) is 0.143. The molecule has 0 radical (unpaired) electrons. The number of fused-ring (bicyclic) bond motifs is 1. The van der Waals surface area contributed by atoms with Gasteiger partial charge in [0.15, 0.2) is 11.5 Å². The van der Waals surface area contributed by atoms with Gasteiger partial charge in [0.05, 0.1) is 37.1 Å². The topological polar surface area (TPSA) is 44.2 Å². The minimum absolute atomic E-state index is 0. The third-order valence-corrected chi connectivity index (χ3v) is 3.55. The lowest BCUT2D eigenvalue weighted by molar-refractivity contribution is 0.355. The van der Waals surface area contributed by atoms with Crippen LogP contribution in [-0.2, 0) is 0 Å². The number of halogens is 1. The van der Waals surface area contributed by atoms with Gasteiger partial charge in [-0.1, -0.05) is 0 Å². The van der Waals surface area contributed by atoms with E-state index in [2.05, 4.69) is 15.3 Å². The van der Waals surface area contributed by atoms with Crippen molar-refractivity contribution >= 4 is 34.8 Å². The Hall–Kier alpha value is -1.85. The minimum atomic E-state index is 0. The van der Waals surface area contributed by atoms with Crippen molar-refractivity contribution in [2.45, 2.75) is 0 Å². The number of aromatic nitrogens is 2. The first-order valence-electron chi connectivity index (χ1n) is 5.73. The van der Waals surface area contributed by atoms with E-state index in [4.69, 9.17) is 9.47 Å². The van der Waals surface area contributed by atoms with Crippen LogP contribution in [0.3, 0.4) is 0 Å². The summed E-state index contributed by atoms with van der Waals surface area (Å²) in [7, 11) is 3.22. The van der Waals surface area contributed by atoms with Gasteiger partial charge in [0.1, 0.15) is 0 Å². The number of hydrogen-bond acceptors (Lipinski definition) is 5. The molecule has 0 aliphatic rings. The van der Waals surface area contributed by atoms with Crippen LogP contribution < -0.4 is 9.47 Å². The van der Waals surface area contributed by atoms with Gasteiger partial charge < -0.3 is 9.47 Å². The van der Waals surface area contributed by atoms with Crippen molar-refractivity contribution in [1.29, 1.82) is 0 Å². The van der Waals surface area contributed by atoms with Gasteiger partial charge in [-0.15, -0.1) is 12.4 Å². The third kappa shape index (κ3) is 2.55. The molecule has 2 heterocycles. The van der Waals surface area contributed by atoms with Crippen LogP contribution in [0.5, 0.6) is 11.5 Å². The number of nitrogens with zero attached hydrogens (tertiary/aromatic N) is 2. The molecule has 6 heteroatoms. The van der Waals surface area contributed by atoms with Gasteiger partial charge in [0, 0.05) is 23.1 Å². The maximum Gasteiger partial charge on any atom is 0.163 e. The molecule has 0 aliphatic heterocycles. The second kappa shape index (κ2) is 6.07. The third-order valence-electron chi connectivity index (χ3n) is 2.86. The molecule has 0 atom stereocenters. The molecule has 0 bridgehead atoms. The van der Waals surface area contributed by atoms with E-state index in [-0.39, 0.29) is 12.4 Å². The van der Waals surface area contributed by atoms with E-state index in [1.165, 1.54) is 0 Å². The van der Waals surface area contributed by atoms with Crippen molar-refractivity contribution in [2.24, 2.45) is 0 Å². The van der Waals surface area contributed by atoms with Gasteiger partial charge in [-0.3, -0.25) is 4.98 Å². The van der Waals surface area contributed by atoms with Crippen LogP contribution in [0.2, 0.25) is 0 Å². The van der Waals surface area contributed by atoms with Gasteiger partial charge in [-0.05, 0) is 11.4 Å². The maximum absolute atomic E-state index is 5.28. The predicted molar refractivity (Wildman–Crippen MR) is 83.2 cm³/mol. The van der Waals surface area contributed by atoms with Crippen LogP contribution in [0.4, 0.5) is 0 Å². The number of rotatable bonds is 3. The SMILES string of the molecule is COc1cc2ncc(-c3ccsc3)nc2cc1OC.Cl. The predicted octanol–water partition coefficient (Wildman–Crippen LogP) is 3.80. The molecule has 104 valence electrons. The van der Waals surface area contributed by atoms with Crippen LogP contribution in [0.1, 0.15) is 0 Å². The molecule has 1 aromatic carbocycles. The lowest BCUT2D eigenvalue weighted by atomic mass is 10.2. The Balaban J connectivity index is 0.00000147. The first-order valence-corrected chi connectivity index (χ1v) is 6.67. The zero-order valence-electron chi connectivity index (χ0n) is 11.0. The van der Waals surface area contributed by atoms with Crippen molar-refractivity contribution in [2.75, 3.05) is 14.2 Å². The molecule has 0 N–H and O–H groups in total. The first kappa shape index (κ1) is 14.6. The highest BCUT2D eigenvalue weighted by atomic mass is 35.5. The standard InChI is InChI=1S/C14H12N2O2S.ClH/c1-17-13-5-10-11(6-14(13)18-2)16-12(7-15-10)9-3-4-19-8-9;/h3-8H,1-2H3;1H. The fourth-order valence-corrected chi connectivity index (χ4v) is 2.54. The molecule has 3 aromatic rings. The first-order chi connectivity index (χ1) is 9.31. The molecule has 0 spiro atoms. The van der Waals surface area contributed by atoms with E-state index in [1.807, 2.05) is 23.6 Å². The Kier molecular flexibility index (Phi) is 4.42. The van der Waals surface area contributed by atoms with Crippen molar-refractivity contribution in [3.63, 3.8) is 0 Å². The van der Waals surface area contributed by atoms with E-state index in [1.54, 1.807) is 31.8 Å². The number of benzene rings is 1. The van der Waals surface area contributed by atoms with Gasteiger partial charge in [0.2, 0.25) is 0 Å². The van der Waals surface area contributed by atoms with Gasteiger partial charge in [-0.2, -0.15) is 11.3 Å². The summed E-state index contributed by atoms with van der Waals surface area (Å²) in [5.41, 5.74) is 3.52. The highest BCUT2D eigenvalue weighted by molar-refractivity contribution is 7.08. The van der Waals surface area contributed by atoms with Gasteiger partial charge in [-0.25, -0.2) is 4.98 Å². The molecule has 0 unspecified atom stereocenters. The largest absolute Gasteiger partial charge is 0.493 e. The number of thiophene rings is 1. The second-order valence-electron chi connectivity index (χ2n) is 3.96. The zero-order chi connectivity index (χ0) is 13.2. The van der Waals surface area contributed by atoms with Crippen LogP contribution in [0.15, 0.2) is 35.2 Å². The van der Waals surface area contributed by atoms with E-state index in [0.717, 1.165) is 22.3 Å². The van der Waals surface area contributed by atoms with E-state index in [9.17, 15) is 0 Å². The summed E-state index contributed by atoms with van der Waals surface area (Å²) in [6.45, 7) is 0. The summed E-state index contributed by atoms with van der Waals surface area (Å²) in [5, 5.41) is 4.08. The Labute approximate surface area is 126 Å². The van der Waals surface area contributed by atoms with E-state index in [0.29, 0.717) is 11.5 Å². The number of methoxy groups -OCH3 is 2. The Bertz CT molecular complexity index is 717. The smallest absolute Gasteiger partial charge is 0.163 e. The monoisotopic (exact) mass is 308 g/mol. The molecular weight excluding hydrogens is 296 g/mol. The van der Waals surface area contributed by atoms with E-state index < -0.39 is 0 Å². The van der Waals surface area contributed by atoms with Crippen molar-refractivity contribution in [3.8, 4) is 22.8 Å². The molecule has 0 amide bonds.